The van der Waals surface area contributed by atoms with Crippen LogP contribution in [0.15, 0.2) is 17.8 Å². The molecule has 2 aliphatic rings. The lowest BCUT2D eigenvalue weighted by Crippen LogP contribution is -2.34. The van der Waals surface area contributed by atoms with Gasteiger partial charge in [0, 0.05) is 4.91 Å². The summed E-state index contributed by atoms with van der Waals surface area (Å²) in [7, 11) is 0. The van der Waals surface area contributed by atoms with E-state index in [9.17, 15) is 0 Å². The topological polar surface area (TPSA) is 76.5 Å². The zero-order chi connectivity index (χ0) is 13.9. The highest BCUT2D eigenvalue weighted by Crippen LogP contribution is 2.43. The van der Waals surface area contributed by atoms with Gasteiger partial charge in [0.25, 0.3) is 0 Å². The van der Waals surface area contributed by atoms with Gasteiger partial charge in [-0.1, -0.05) is 25.0 Å². The first kappa shape index (κ1) is 14.3. The highest BCUT2D eigenvalue weighted by Gasteiger charge is 2.56. The normalized spacial score (nSPS) is 35.7. The Bertz CT molecular complexity index is 377. The Balaban J connectivity index is 2.15. The average Bonchev–Trinajstić information content (AvgIpc) is 2.95. The van der Waals surface area contributed by atoms with Crippen LogP contribution >= 0.6 is 0 Å². The van der Waals surface area contributed by atoms with Gasteiger partial charge in [0.05, 0.1) is 18.8 Å². The average molecular weight is 267 g/mol. The van der Waals surface area contributed by atoms with Gasteiger partial charge < -0.3 is 14.2 Å². The minimum Gasteiger partial charge on any atom is -0.369 e. The summed E-state index contributed by atoms with van der Waals surface area (Å²) in [5, 5.41) is 3.60. The molecule has 0 bridgehead atoms. The van der Waals surface area contributed by atoms with Gasteiger partial charge in [-0.2, -0.15) is 0 Å². The molecule has 19 heavy (non-hydrogen) atoms. The van der Waals surface area contributed by atoms with Crippen LogP contribution in [0.4, 0.5) is 0 Å². The predicted octanol–water partition coefficient (Wildman–Crippen LogP) is 2.94. The van der Waals surface area contributed by atoms with E-state index in [1.54, 1.807) is 0 Å². The molecule has 0 saturated carbocycles. The summed E-state index contributed by atoms with van der Waals surface area (Å²) in [4.78, 5) is 2.79. The van der Waals surface area contributed by atoms with Gasteiger partial charge in [0.1, 0.15) is 12.2 Å². The minimum absolute atomic E-state index is 0.0682. The van der Waals surface area contributed by atoms with Crippen LogP contribution in [-0.2, 0) is 14.2 Å². The molecule has 2 aliphatic heterocycles. The monoisotopic (exact) mass is 267 g/mol. The van der Waals surface area contributed by atoms with Crippen LogP contribution < -0.4 is 0 Å². The smallest absolute Gasteiger partial charge is 0.169 e. The van der Waals surface area contributed by atoms with Crippen molar-refractivity contribution in [3.63, 3.8) is 0 Å². The Kier molecular flexibility index (Phi) is 4.47. The molecule has 0 aromatic rings. The molecular weight excluding hydrogens is 246 g/mol. The van der Waals surface area contributed by atoms with Gasteiger partial charge in [0.15, 0.2) is 5.79 Å². The highest BCUT2D eigenvalue weighted by molar-refractivity contribution is 5.01. The van der Waals surface area contributed by atoms with Gasteiger partial charge >= 0.3 is 0 Å². The molecule has 2 heterocycles. The van der Waals surface area contributed by atoms with E-state index in [2.05, 4.69) is 30.5 Å². The summed E-state index contributed by atoms with van der Waals surface area (Å²) >= 11 is 0. The lowest BCUT2D eigenvalue weighted by atomic mass is 10.1. The van der Waals surface area contributed by atoms with E-state index in [0.29, 0.717) is 6.42 Å². The molecule has 106 valence electrons. The van der Waals surface area contributed by atoms with E-state index in [1.807, 2.05) is 6.08 Å². The van der Waals surface area contributed by atoms with Crippen molar-refractivity contribution in [2.24, 2.45) is 5.11 Å². The van der Waals surface area contributed by atoms with Crippen molar-refractivity contribution in [2.75, 3.05) is 6.54 Å². The number of azide groups is 1. The van der Waals surface area contributed by atoms with Crippen LogP contribution in [0, 0.1) is 0 Å². The molecule has 0 aromatic heterocycles. The van der Waals surface area contributed by atoms with Crippen molar-refractivity contribution >= 4 is 0 Å². The van der Waals surface area contributed by atoms with Gasteiger partial charge in [0.2, 0.25) is 0 Å². The maximum absolute atomic E-state index is 8.45. The number of fused-ring (bicyclic) bond motifs is 1. The molecule has 0 aliphatic carbocycles. The summed E-state index contributed by atoms with van der Waals surface area (Å²) < 4.78 is 18.1. The van der Waals surface area contributed by atoms with Crippen molar-refractivity contribution < 1.29 is 14.2 Å². The minimum atomic E-state index is -0.521. The quantitative estimate of drug-likeness (QED) is 0.321. The molecule has 4 atom stereocenters. The van der Waals surface area contributed by atoms with Crippen LogP contribution in [0.2, 0.25) is 0 Å². The van der Waals surface area contributed by atoms with Crippen molar-refractivity contribution in [3.05, 3.63) is 23.1 Å². The largest absolute Gasteiger partial charge is 0.369 e. The number of ether oxygens (including phenoxy) is 3. The molecule has 2 fully saturated rings. The van der Waals surface area contributed by atoms with E-state index in [0.717, 1.165) is 12.8 Å². The standard InChI is InChI=1S/C13H21N3O3/c1-4-7-9-11-12(10(17-9)8-15-16-14)19-13(5-2,6-3)18-11/h4,9-12H,1,5-8H2,2-3H3/t9-,10+,11-,12+/m0/s1. The fraction of sp³-hybridized carbons (Fsp3) is 0.846. The van der Waals surface area contributed by atoms with E-state index in [4.69, 9.17) is 19.7 Å². The van der Waals surface area contributed by atoms with Crippen molar-refractivity contribution in [1.82, 2.24) is 0 Å². The Morgan fingerprint density at radius 2 is 1.89 bits per heavy atom. The summed E-state index contributed by atoms with van der Waals surface area (Å²) in [6.07, 6.45) is 3.57. The van der Waals surface area contributed by atoms with Crippen LogP contribution in [0.3, 0.4) is 0 Å². The van der Waals surface area contributed by atoms with Gasteiger partial charge in [-0.05, 0) is 24.8 Å². The van der Waals surface area contributed by atoms with Crippen molar-refractivity contribution in [3.8, 4) is 0 Å². The van der Waals surface area contributed by atoms with Crippen LogP contribution in [0.25, 0.3) is 10.4 Å². The Morgan fingerprint density at radius 3 is 2.42 bits per heavy atom. The molecule has 2 rings (SSSR count). The molecule has 2 saturated heterocycles. The molecule has 0 N–H and O–H groups in total. The van der Waals surface area contributed by atoms with E-state index >= 15 is 0 Å². The maximum Gasteiger partial charge on any atom is 0.169 e. The molecule has 6 heteroatoms. The SMILES string of the molecule is C=CC[C@@H]1O[C@H](CN=[N+]=[N-])[C@H]2OC(CC)(CC)O[C@H]21. The second kappa shape index (κ2) is 5.92. The first-order valence-electron chi connectivity index (χ1n) is 6.82. The molecule has 0 radical (unpaired) electrons. The Labute approximate surface area is 113 Å². The molecule has 0 unspecified atom stereocenters. The molecule has 0 aromatic carbocycles. The lowest BCUT2D eigenvalue weighted by molar-refractivity contribution is -0.210. The lowest BCUT2D eigenvalue weighted by Gasteiger charge is -2.28. The highest BCUT2D eigenvalue weighted by atomic mass is 16.8. The molecule has 6 nitrogen and oxygen atoms in total. The zero-order valence-electron chi connectivity index (χ0n) is 11.5. The molecule has 0 spiro atoms. The zero-order valence-corrected chi connectivity index (χ0v) is 11.5. The molecule has 0 amide bonds. The first-order chi connectivity index (χ1) is 9.19. The van der Waals surface area contributed by atoms with Gasteiger partial charge in [-0.25, -0.2) is 0 Å². The number of hydrogen-bond donors (Lipinski definition) is 0. The van der Waals surface area contributed by atoms with Gasteiger partial charge in [-0.15, -0.1) is 6.58 Å². The fourth-order valence-electron chi connectivity index (χ4n) is 2.81. The third-order valence-electron chi connectivity index (χ3n) is 3.91. The van der Waals surface area contributed by atoms with E-state index in [1.165, 1.54) is 0 Å². The fourth-order valence-corrected chi connectivity index (χ4v) is 2.81. The summed E-state index contributed by atoms with van der Waals surface area (Å²) in [6.45, 7) is 8.12. The first-order valence-corrected chi connectivity index (χ1v) is 6.82. The second-order valence-corrected chi connectivity index (χ2v) is 4.93. The summed E-state index contributed by atoms with van der Waals surface area (Å²) in [6, 6.07) is 0. The van der Waals surface area contributed by atoms with Crippen LogP contribution in [0.1, 0.15) is 33.1 Å². The van der Waals surface area contributed by atoms with E-state index < -0.39 is 5.79 Å². The second-order valence-electron chi connectivity index (χ2n) is 4.93. The van der Waals surface area contributed by atoms with Crippen LogP contribution in [-0.4, -0.2) is 36.7 Å². The van der Waals surface area contributed by atoms with Crippen LogP contribution in [0.5, 0.6) is 0 Å². The number of rotatable bonds is 6. The predicted molar refractivity (Wildman–Crippen MR) is 70.5 cm³/mol. The van der Waals surface area contributed by atoms with Gasteiger partial charge in [-0.3, -0.25) is 0 Å². The summed E-state index contributed by atoms with van der Waals surface area (Å²) in [5.74, 6) is -0.521. The van der Waals surface area contributed by atoms with Crippen molar-refractivity contribution in [1.29, 1.82) is 0 Å². The Morgan fingerprint density at radius 1 is 1.26 bits per heavy atom. The third-order valence-corrected chi connectivity index (χ3v) is 3.91. The third kappa shape index (κ3) is 2.62. The summed E-state index contributed by atoms with van der Waals surface area (Å²) in [5.41, 5.74) is 8.45. The number of nitrogens with zero attached hydrogens (tertiary/aromatic N) is 3. The maximum atomic E-state index is 8.45. The molecular formula is C13H21N3O3. The Hall–Kier alpha value is -1.07. The van der Waals surface area contributed by atoms with Crippen molar-refractivity contribution in [2.45, 2.75) is 63.3 Å². The van der Waals surface area contributed by atoms with E-state index in [-0.39, 0.29) is 31.0 Å². The number of hydrogen-bond acceptors (Lipinski definition) is 4.